The summed E-state index contributed by atoms with van der Waals surface area (Å²) in [6.45, 7) is 1.57. The first kappa shape index (κ1) is 15.5. The second kappa shape index (κ2) is 6.02. The molecule has 0 aliphatic carbocycles. The van der Waals surface area contributed by atoms with E-state index in [-0.39, 0.29) is 6.04 Å². The normalized spacial score (nSPS) is 19.5. The van der Waals surface area contributed by atoms with Crippen molar-refractivity contribution in [2.45, 2.75) is 18.9 Å². The van der Waals surface area contributed by atoms with Gasteiger partial charge in [0.15, 0.2) is 0 Å². The van der Waals surface area contributed by atoms with Crippen molar-refractivity contribution in [1.29, 1.82) is 0 Å². The van der Waals surface area contributed by atoms with Crippen molar-refractivity contribution in [2.24, 2.45) is 0 Å². The number of nitrogens with one attached hydrogen (secondary N) is 1. The lowest BCUT2D eigenvalue weighted by molar-refractivity contribution is 0.468. The topological polar surface area (TPSA) is 62.3 Å². The monoisotopic (exact) mass is 339 g/mol. The summed E-state index contributed by atoms with van der Waals surface area (Å²) in [7, 11) is -3.18. The molecule has 3 rings (SSSR count). The van der Waals surface area contributed by atoms with Crippen LogP contribution in [0.2, 0.25) is 5.02 Å². The molecule has 1 fully saturated rings. The molecule has 0 amide bonds. The molecule has 22 heavy (non-hydrogen) atoms. The summed E-state index contributed by atoms with van der Waals surface area (Å²) in [4.78, 5) is 6.57. The molecular weight excluding hydrogens is 322 g/mol. The van der Waals surface area contributed by atoms with Crippen LogP contribution in [0.3, 0.4) is 0 Å². The summed E-state index contributed by atoms with van der Waals surface area (Å²) in [6, 6.07) is 7.58. The first-order valence-electron chi connectivity index (χ1n) is 7.19. The largest absolute Gasteiger partial charge is 0.369 e. The molecule has 1 saturated heterocycles. The number of rotatable bonds is 3. The lowest BCUT2D eigenvalue weighted by Crippen LogP contribution is -2.47. The average Bonchev–Trinajstić information content (AvgIpc) is 2.44. The summed E-state index contributed by atoms with van der Waals surface area (Å²) >= 11 is 6.02. The second-order valence-electron chi connectivity index (χ2n) is 5.67. The maximum Gasteiger partial charge on any atom is 0.209 e. The fourth-order valence-electron chi connectivity index (χ4n) is 2.98. The second-order valence-corrected chi connectivity index (χ2v) is 7.88. The molecule has 0 radical (unpaired) electrons. The number of pyridine rings is 1. The summed E-state index contributed by atoms with van der Waals surface area (Å²) < 4.78 is 25.6. The highest BCUT2D eigenvalue weighted by Crippen LogP contribution is 2.29. The molecule has 7 heteroatoms. The minimum absolute atomic E-state index is 0.0562. The van der Waals surface area contributed by atoms with Crippen molar-refractivity contribution < 1.29 is 8.42 Å². The maximum absolute atomic E-state index is 11.4. The molecule has 2 heterocycles. The molecule has 1 atom stereocenters. The Labute approximate surface area is 135 Å². The van der Waals surface area contributed by atoms with Gasteiger partial charge in [-0.05, 0) is 37.1 Å². The van der Waals surface area contributed by atoms with Crippen LogP contribution in [0.5, 0.6) is 0 Å². The van der Waals surface area contributed by atoms with Gasteiger partial charge in [-0.1, -0.05) is 11.6 Å². The molecule has 1 aliphatic rings. The van der Waals surface area contributed by atoms with E-state index in [1.165, 1.54) is 6.26 Å². The van der Waals surface area contributed by atoms with Crippen LogP contribution in [-0.4, -0.2) is 38.8 Å². The van der Waals surface area contributed by atoms with Gasteiger partial charge < -0.3 is 4.90 Å². The van der Waals surface area contributed by atoms with E-state index in [1.54, 1.807) is 6.20 Å². The molecule has 1 aromatic carbocycles. The Balaban J connectivity index is 1.90. The van der Waals surface area contributed by atoms with Crippen molar-refractivity contribution in [3.8, 4) is 0 Å². The van der Waals surface area contributed by atoms with Gasteiger partial charge in [-0.25, -0.2) is 13.1 Å². The number of hydrogen-bond donors (Lipinski definition) is 1. The lowest BCUT2D eigenvalue weighted by atomic mass is 10.0. The number of nitrogens with zero attached hydrogens (tertiary/aromatic N) is 2. The Morgan fingerprint density at radius 2 is 2.18 bits per heavy atom. The highest BCUT2D eigenvalue weighted by atomic mass is 35.5. The van der Waals surface area contributed by atoms with E-state index < -0.39 is 10.0 Å². The molecule has 0 spiro atoms. The molecule has 1 N–H and O–H groups in total. The third kappa shape index (κ3) is 3.51. The number of hydrogen-bond acceptors (Lipinski definition) is 4. The van der Waals surface area contributed by atoms with Gasteiger partial charge in [-0.2, -0.15) is 0 Å². The zero-order valence-electron chi connectivity index (χ0n) is 12.3. The Hall–Kier alpha value is -1.37. The van der Waals surface area contributed by atoms with Crippen LogP contribution in [0, 0.1) is 0 Å². The predicted octanol–water partition coefficient (Wildman–Crippen LogP) is 2.41. The van der Waals surface area contributed by atoms with Gasteiger partial charge in [0.1, 0.15) is 0 Å². The van der Waals surface area contributed by atoms with Gasteiger partial charge in [-0.15, -0.1) is 0 Å². The van der Waals surface area contributed by atoms with Gasteiger partial charge in [0.05, 0.1) is 11.8 Å². The SMILES string of the molecule is CS(=O)(=O)NC1CCCN(c2ccnc3cc(Cl)ccc23)C1. The van der Waals surface area contributed by atoms with Crippen LogP contribution >= 0.6 is 11.6 Å². The highest BCUT2D eigenvalue weighted by molar-refractivity contribution is 7.88. The fraction of sp³-hybridized carbons (Fsp3) is 0.400. The Morgan fingerprint density at radius 3 is 2.95 bits per heavy atom. The number of benzene rings is 1. The van der Waals surface area contributed by atoms with Crippen molar-refractivity contribution in [2.75, 3.05) is 24.2 Å². The predicted molar refractivity (Wildman–Crippen MR) is 90.0 cm³/mol. The summed E-state index contributed by atoms with van der Waals surface area (Å²) in [5.74, 6) is 0. The Morgan fingerprint density at radius 1 is 1.36 bits per heavy atom. The third-order valence-corrected chi connectivity index (χ3v) is 4.82. The number of halogens is 1. The van der Waals surface area contributed by atoms with Crippen molar-refractivity contribution in [3.63, 3.8) is 0 Å². The zero-order valence-corrected chi connectivity index (χ0v) is 13.9. The molecule has 1 unspecified atom stereocenters. The maximum atomic E-state index is 11.4. The van der Waals surface area contributed by atoms with Crippen LogP contribution in [0.15, 0.2) is 30.5 Å². The van der Waals surface area contributed by atoms with E-state index in [0.717, 1.165) is 36.0 Å². The van der Waals surface area contributed by atoms with Crippen LogP contribution in [-0.2, 0) is 10.0 Å². The average molecular weight is 340 g/mol. The van der Waals surface area contributed by atoms with Crippen molar-refractivity contribution >= 4 is 38.2 Å². The fourth-order valence-corrected chi connectivity index (χ4v) is 3.94. The number of fused-ring (bicyclic) bond motifs is 1. The molecule has 0 bridgehead atoms. The van der Waals surface area contributed by atoms with Gasteiger partial charge in [-0.3, -0.25) is 4.98 Å². The van der Waals surface area contributed by atoms with Gasteiger partial charge >= 0.3 is 0 Å². The molecule has 5 nitrogen and oxygen atoms in total. The summed E-state index contributed by atoms with van der Waals surface area (Å²) in [5.41, 5.74) is 1.92. The number of sulfonamides is 1. The molecule has 0 saturated carbocycles. The number of piperidine rings is 1. The minimum atomic E-state index is -3.18. The van der Waals surface area contributed by atoms with Crippen LogP contribution in [0.4, 0.5) is 5.69 Å². The van der Waals surface area contributed by atoms with Crippen LogP contribution < -0.4 is 9.62 Å². The van der Waals surface area contributed by atoms with Gasteiger partial charge in [0.25, 0.3) is 0 Å². The quantitative estimate of drug-likeness (QED) is 0.932. The van der Waals surface area contributed by atoms with E-state index in [9.17, 15) is 8.42 Å². The smallest absolute Gasteiger partial charge is 0.209 e. The number of anilines is 1. The standard InChI is InChI=1S/C15H18ClN3O2S/c1-22(20,21)18-12-3-2-8-19(10-12)15-6-7-17-14-9-11(16)4-5-13(14)15/h4-7,9,12,18H,2-3,8,10H2,1H3. The van der Waals surface area contributed by atoms with Crippen molar-refractivity contribution in [3.05, 3.63) is 35.5 Å². The molecule has 1 aromatic heterocycles. The first-order valence-corrected chi connectivity index (χ1v) is 9.46. The Kier molecular flexibility index (Phi) is 4.25. The van der Waals surface area contributed by atoms with E-state index in [0.29, 0.717) is 11.6 Å². The minimum Gasteiger partial charge on any atom is -0.369 e. The molecule has 118 valence electrons. The van der Waals surface area contributed by atoms with E-state index in [4.69, 9.17) is 11.6 Å². The van der Waals surface area contributed by atoms with Gasteiger partial charge in [0.2, 0.25) is 10.0 Å². The number of aromatic nitrogens is 1. The van der Waals surface area contributed by atoms with Crippen LogP contribution in [0.1, 0.15) is 12.8 Å². The van der Waals surface area contributed by atoms with Crippen LogP contribution in [0.25, 0.3) is 10.9 Å². The summed E-state index contributed by atoms with van der Waals surface area (Å²) in [6.07, 6.45) is 4.78. The first-order chi connectivity index (χ1) is 10.4. The Bertz CT molecular complexity index is 794. The lowest BCUT2D eigenvalue weighted by Gasteiger charge is -2.35. The molecular formula is C15H18ClN3O2S. The zero-order chi connectivity index (χ0) is 15.7. The van der Waals surface area contributed by atoms with Crippen molar-refractivity contribution in [1.82, 2.24) is 9.71 Å². The molecule has 1 aliphatic heterocycles. The highest BCUT2D eigenvalue weighted by Gasteiger charge is 2.23. The third-order valence-electron chi connectivity index (χ3n) is 3.82. The van der Waals surface area contributed by atoms with Gasteiger partial charge in [0, 0.05) is 41.4 Å². The van der Waals surface area contributed by atoms with E-state index >= 15 is 0 Å². The van der Waals surface area contributed by atoms with E-state index in [2.05, 4.69) is 14.6 Å². The molecule has 2 aromatic rings. The van der Waals surface area contributed by atoms with E-state index in [1.807, 2.05) is 24.3 Å². The summed E-state index contributed by atoms with van der Waals surface area (Å²) in [5, 5.41) is 1.69.